The fourth-order valence-electron chi connectivity index (χ4n) is 3.29. The van der Waals surface area contributed by atoms with Gasteiger partial charge in [0.2, 0.25) is 0 Å². The Hall–Kier alpha value is -3.47. The summed E-state index contributed by atoms with van der Waals surface area (Å²) in [7, 11) is 4.83. The van der Waals surface area contributed by atoms with E-state index in [-0.39, 0.29) is 5.56 Å². The van der Waals surface area contributed by atoms with E-state index < -0.39 is 0 Å². The second-order valence-corrected chi connectivity index (χ2v) is 6.55. The largest absolute Gasteiger partial charge is 0.497 e. The van der Waals surface area contributed by atoms with Crippen LogP contribution in [0.1, 0.15) is 11.1 Å². The van der Waals surface area contributed by atoms with Gasteiger partial charge in [-0.2, -0.15) is 0 Å². The third kappa shape index (κ3) is 4.35. The molecule has 0 spiro atoms. The molecule has 0 aliphatic carbocycles. The van der Waals surface area contributed by atoms with Crippen molar-refractivity contribution in [2.45, 2.75) is 13.0 Å². The summed E-state index contributed by atoms with van der Waals surface area (Å²) >= 11 is 0. The van der Waals surface area contributed by atoms with Gasteiger partial charge in [-0.05, 0) is 53.4 Å². The van der Waals surface area contributed by atoms with Crippen molar-refractivity contribution >= 4 is 0 Å². The van der Waals surface area contributed by atoms with Gasteiger partial charge < -0.3 is 18.8 Å². The highest BCUT2D eigenvalue weighted by atomic mass is 16.5. The van der Waals surface area contributed by atoms with E-state index in [1.165, 1.54) is 0 Å². The quantitative estimate of drug-likeness (QED) is 0.537. The Bertz CT molecular complexity index is 1050. The van der Waals surface area contributed by atoms with E-state index in [0.29, 0.717) is 30.0 Å². The minimum atomic E-state index is -0.0343. The maximum absolute atomic E-state index is 13.2. The maximum Gasteiger partial charge on any atom is 0.254 e. The van der Waals surface area contributed by atoms with E-state index in [2.05, 4.69) is 6.58 Å². The number of ether oxygens (including phenoxy) is 3. The molecule has 2 aromatic carbocycles. The highest BCUT2D eigenvalue weighted by Gasteiger charge is 2.14. The van der Waals surface area contributed by atoms with Crippen LogP contribution in [0.25, 0.3) is 11.1 Å². The Labute approximate surface area is 170 Å². The molecule has 0 saturated carbocycles. The normalized spacial score (nSPS) is 10.4. The lowest BCUT2D eigenvalue weighted by atomic mass is 9.98. The van der Waals surface area contributed by atoms with Crippen LogP contribution in [0.5, 0.6) is 17.2 Å². The van der Waals surface area contributed by atoms with Gasteiger partial charge in [0.15, 0.2) is 11.5 Å². The van der Waals surface area contributed by atoms with Crippen molar-refractivity contribution in [3.8, 4) is 28.4 Å². The number of benzene rings is 2. The molecule has 0 amide bonds. The molecular formula is C24H25NO4. The monoisotopic (exact) mass is 391 g/mol. The van der Waals surface area contributed by atoms with Gasteiger partial charge in [-0.15, -0.1) is 6.58 Å². The SMILES string of the molecule is C=CCc1c(-c2ccc(OC)c(OC)c2)ccn(Cc2ccc(OC)cc2)c1=O. The summed E-state index contributed by atoms with van der Waals surface area (Å²) in [5.74, 6) is 2.06. The van der Waals surface area contributed by atoms with E-state index in [0.717, 1.165) is 22.4 Å². The highest BCUT2D eigenvalue weighted by Crippen LogP contribution is 2.33. The molecule has 1 aromatic heterocycles. The van der Waals surface area contributed by atoms with Crippen molar-refractivity contribution in [1.29, 1.82) is 0 Å². The predicted molar refractivity (Wildman–Crippen MR) is 115 cm³/mol. The van der Waals surface area contributed by atoms with Gasteiger partial charge in [0.1, 0.15) is 5.75 Å². The number of aromatic nitrogens is 1. The van der Waals surface area contributed by atoms with Crippen LogP contribution in [0.4, 0.5) is 0 Å². The van der Waals surface area contributed by atoms with Gasteiger partial charge >= 0.3 is 0 Å². The zero-order chi connectivity index (χ0) is 20.8. The minimum Gasteiger partial charge on any atom is -0.497 e. The summed E-state index contributed by atoms with van der Waals surface area (Å²) in [6.07, 6.45) is 4.05. The van der Waals surface area contributed by atoms with Crippen molar-refractivity contribution in [2.75, 3.05) is 21.3 Å². The number of allylic oxidation sites excluding steroid dienone is 1. The molecule has 0 fully saturated rings. The lowest BCUT2D eigenvalue weighted by Crippen LogP contribution is -2.24. The Morgan fingerprint density at radius 2 is 1.66 bits per heavy atom. The number of hydrogen-bond donors (Lipinski definition) is 0. The second-order valence-electron chi connectivity index (χ2n) is 6.55. The number of methoxy groups -OCH3 is 3. The summed E-state index contributed by atoms with van der Waals surface area (Å²) in [5, 5.41) is 0. The zero-order valence-electron chi connectivity index (χ0n) is 17.0. The molecule has 150 valence electrons. The van der Waals surface area contributed by atoms with Crippen LogP contribution >= 0.6 is 0 Å². The first-order valence-corrected chi connectivity index (χ1v) is 9.29. The molecule has 0 atom stereocenters. The third-order valence-electron chi connectivity index (χ3n) is 4.82. The first-order chi connectivity index (χ1) is 14.1. The molecule has 29 heavy (non-hydrogen) atoms. The van der Waals surface area contributed by atoms with Crippen LogP contribution in [0.3, 0.4) is 0 Å². The highest BCUT2D eigenvalue weighted by molar-refractivity contribution is 5.70. The van der Waals surface area contributed by atoms with Crippen molar-refractivity contribution in [2.24, 2.45) is 0 Å². The van der Waals surface area contributed by atoms with Crippen LogP contribution < -0.4 is 19.8 Å². The molecule has 0 bridgehead atoms. The fraction of sp³-hybridized carbons (Fsp3) is 0.208. The van der Waals surface area contributed by atoms with E-state index in [1.807, 2.05) is 54.7 Å². The molecule has 3 aromatic rings. The zero-order valence-corrected chi connectivity index (χ0v) is 17.0. The van der Waals surface area contributed by atoms with Crippen molar-refractivity contribution in [3.63, 3.8) is 0 Å². The number of rotatable bonds is 8. The minimum absolute atomic E-state index is 0.0343. The molecule has 0 unspecified atom stereocenters. The van der Waals surface area contributed by atoms with E-state index in [1.54, 1.807) is 32.0 Å². The van der Waals surface area contributed by atoms with Gasteiger partial charge in [-0.3, -0.25) is 4.79 Å². The van der Waals surface area contributed by atoms with Crippen LogP contribution in [0.2, 0.25) is 0 Å². The Morgan fingerprint density at radius 1 is 0.931 bits per heavy atom. The third-order valence-corrected chi connectivity index (χ3v) is 4.82. The Balaban J connectivity index is 2.02. The van der Waals surface area contributed by atoms with Crippen LogP contribution in [-0.4, -0.2) is 25.9 Å². The Morgan fingerprint density at radius 3 is 2.28 bits per heavy atom. The maximum atomic E-state index is 13.2. The molecule has 1 heterocycles. The van der Waals surface area contributed by atoms with Crippen LogP contribution in [-0.2, 0) is 13.0 Å². The van der Waals surface area contributed by atoms with Gasteiger partial charge in [-0.1, -0.05) is 24.3 Å². The smallest absolute Gasteiger partial charge is 0.254 e. The molecule has 0 N–H and O–H groups in total. The second kappa shape index (κ2) is 9.15. The molecule has 3 rings (SSSR count). The first-order valence-electron chi connectivity index (χ1n) is 9.29. The molecule has 0 saturated heterocycles. The molecule has 5 nitrogen and oxygen atoms in total. The lowest BCUT2D eigenvalue weighted by Gasteiger charge is -2.14. The average molecular weight is 391 g/mol. The van der Waals surface area contributed by atoms with E-state index >= 15 is 0 Å². The van der Waals surface area contributed by atoms with Gasteiger partial charge in [0, 0.05) is 11.8 Å². The molecular weight excluding hydrogens is 366 g/mol. The van der Waals surface area contributed by atoms with E-state index in [9.17, 15) is 4.79 Å². The number of hydrogen-bond acceptors (Lipinski definition) is 4. The topological polar surface area (TPSA) is 49.7 Å². The van der Waals surface area contributed by atoms with Crippen LogP contribution in [0.15, 0.2) is 72.2 Å². The number of nitrogens with zero attached hydrogens (tertiary/aromatic N) is 1. The number of pyridine rings is 1. The molecule has 5 heteroatoms. The summed E-state index contributed by atoms with van der Waals surface area (Å²) in [4.78, 5) is 13.2. The van der Waals surface area contributed by atoms with Gasteiger partial charge in [0.05, 0.1) is 27.9 Å². The summed E-state index contributed by atoms with van der Waals surface area (Å²) < 4.78 is 17.6. The van der Waals surface area contributed by atoms with Gasteiger partial charge in [-0.25, -0.2) is 0 Å². The van der Waals surface area contributed by atoms with Gasteiger partial charge in [0.25, 0.3) is 5.56 Å². The van der Waals surface area contributed by atoms with Crippen molar-refractivity contribution in [3.05, 3.63) is 88.9 Å². The lowest BCUT2D eigenvalue weighted by molar-refractivity contribution is 0.355. The molecule has 0 radical (unpaired) electrons. The molecule has 0 aliphatic heterocycles. The fourth-order valence-corrected chi connectivity index (χ4v) is 3.29. The first kappa shape index (κ1) is 20.3. The van der Waals surface area contributed by atoms with Crippen molar-refractivity contribution in [1.82, 2.24) is 4.57 Å². The average Bonchev–Trinajstić information content (AvgIpc) is 2.76. The standard InChI is InChI=1S/C24H25NO4/c1-5-6-21-20(18-9-12-22(28-3)23(15-18)29-4)13-14-25(24(21)26)16-17-7-10-19(27-2)11-8-17/h5,7-15H,1,6,16H2,2-4H3. The summed E-state index contributed by atoms with van der Waals surface area (Å²) in [6.45, 7) is 4.30. The van der Waals surface area contributed by atoms with Crippen molar-refractivity contribution < 1.29 is 14.2 Å². The summed E-state index contributed by atoms with van der Waals surface area (Å²) in [5.41, 5.74) is 3.45. The van der Waals surface area contributed by atoms with E-state index in [4.69, 9.17) is 14.2 Å². The summed E-state index contributed by atoms with van der Waals surface area (Å²) in [6, 6.07) is 15.3. The Kier molecular flexibility index (Phi) is 6.39. The predicted octanol–water partition coefficient (Wildman–Crippen LogP) is 4.32. The molecule has 0 aliphatic rings. The van der Waals surface area contributed by atoms with Crippen LogP contribution in [0, 0.1) is 0 Å².